The van der Waals surface area contributed by atoms with Crippen molar-refractivity contribution >= 4 is 27.5 Å². The van der Waals surface area contributed by atoms with Gasteiger partial charge in [-0.1, -0.05) is 28.8 Å². The van der Waals surface area contributed by atoms with Crippen molar-refractivity contribution in [3.8, 4) is 5.75 Å². The number of carbonyl (C=O) groups is 1. The van der Waals surface area contributed by atoms with Gasteiger partial charge < -0.3 is 10.1 Å². The molecule has 1 amide bonds. The maximum absolute atomic E-state index is 12.4. The van der Waals surface area contributed by atoms with Crippen molar-refractivity contribution in [2.75, 3.05) is 12.4 Å². The number of halogens is 1. The lowest BCUT2D eigenvalue weighted by molar-refractivity contribution is -0.384. The van der Waals surface area contributed by atoms with Crippen LogP contribution < -0.4 is 10.1 Å². The summed E-state index contributed by atoms with van der Waals surface area (Å²) in [6, 6.07) is 4.01. The summed E-state index contributed by atoms with van der Waals surface area (Å²) in [5.41, 5.74) is -0.0149. The number of alkyl halides is 1. The number of methoxy groups -OCH3 is 1. The summed E-state index contributed by atoms with van der Waals surface area (Å²) in [7, 11) is 1.39. The van der Waals surface area contributed by atoms with Gasteiger partial charge in [-0.25, -0.2) is 0 Å². The van der Waals surface area contributed by atoms with Crippen LogP contribution in [0.5, 0.6) is 5.75 Å². The Balaban J connectivity index is 2.24. The minimum atomic E-state index is -0.513. The third kappa shape index (κ3) is 3.34. The van der Waals surface area contributed by atoms with Crippen LogP contribution in [0.15, 0.2) is 18.2 Å². The molecule has 0 spiro atoms. The minimum Gasteiger partial charge on any atom is -0.496 e. The van der Waals surface area contributed by atoms with E-state index in [0.717, 1.165) is 25.7 Å². The molecule has 0 radical (unpaired) electrons. The highest BCUT2D eigenvalue weighted by molar-refractivity contribution is 9.09. The first-order chi connectivity index (χ1) is 10.0. The SMILES string of the molecule is COc1cc([N+](=O)[O-])ccc1C(=O)NC1(CBr)CCCC1. The Morgan fingerprint density at radius 1 is 1.48 bits per heavy atom. The van der Waals surface area contributed by atoms with E-state index >= 15 is 0 Å². The lowest BCUT2D eigenvalue weighted by Gasteiger charge is -2.28. The van der Waals surface area contributed by atoms with E-state index in [0.29, 0.717) is 10.9 Å². The zero-order valence-corrected chi connectivity index (χ0v) is 13.3. The fraction of sp³-hybridized carbons (Fsp3) is 0.500. The first-order valence-corrected chi connectivity index (χ1v) is 7.84. The largest absolute Gasteiger partial charge is 0.496 e. The highest BCUT2D eigenvalue weighted by atomic mass is 79.9. The highest BCUT2D eigenvalue weighted by Gasteiger charge is 2.35. The molecule has 114 valence electrons. The Hall–Kier alpha value is -1.63. The molecule has 0 unspecified atom stereocenters. The Kier molecular flexibility index (Phi) is 4.82. The van der Waals surface area contributed by atoms with Crippen LogP contribution in [0, 0.1) is 10.1 Å². The first-order valence-electron chi connectivity index (χ1n) is 6.72. The van der Waals surface area contributed by atoms with E-state index in [1.54, 1.807) is 0 Å². The molecule has 1 N–H and O–H groups in total. The van der Waals surface area contributed by atoms with Crippen molar-refractivity contribution in [2.45, 2.75) is 31.2 Å². The number of amides is 1. The van der Waals surface area contributed by atoms with Gasteiger partial charge in [0, 0.05) is 11.4 Å². The summed E-state index contributed by atoms with van der Waals surface area (Å²) in [5, 5.41) is 14.5. The number of benzene rings is 1. The maximum Gasteiger partial charge on any atom is 0.273 e. The van der Waals surface area contributed by atoms with Gasteiger partial charge in [-0.3, -0.25) is 14.9 Å². The van der Waals surface area contributed by atoms with Gasteiger partial charge in [-0.15, -0.1) is 0 Å². The first kappa shape index (κ1) is 15.8. The number of hydrogen-bond acceptors (Lipinski definition) is 4. The Morgan fingerprint density at radius 3 is 2.67 bits per heavy atom. The summed E-state index contributed by atoms with van der Waals surface area (Å²) in [4.78, 5) is 22.7. The van der Waals surface area contributed by atoms with Gasteiger partial charge in [-0.05, 0) is 18.9 Å². The number of non-ortho nitro benzene ring substituents is 1. The predicted molar refractivity (Wildman–Crippen MR) is 82.1 cm³/mol. The average Bonchev–Trinajstić information content (AvgIpc) is 2.95. The molecule has 1 aromatic rings. The quantitative estimate of drug-likeness (QED) is 0.499. The van der Waals surface area contributed by atoms with E-state index < -0.39 is 4.92 Å². The normalized spacial score (nSPS) is 16.5. The van der Waals surface area contributed by atoms with Gasteiger partial charge in [0.1, 0.15) is 5.75 Å². The highest BCUT2D eigenvalue weighted by Crippen LogP contribution is 2.32. The Labute approximate surface area is 131 Å². The second-order valence-electron chi connectivity index (χ2n) is 5.22. The van der Waals surface area contributed by atoms with E-state index in [-0.39, 0.29) is 22.9 Å². The smallest absolute Gasteiger partial charge is 0.273 e. The van der Waals surface area contributed by atoms with Gasteiger partial charge in [-0.2, -0.15) is 0 Å². The van der Waals surface area contributed by atoms with E-state index in [4.69, 9.17) is 4.74 Å². The number of nitrogens with one attached hydrogen (secondary N) is 1. The number of rotatable bonds is 5. The number of nitro benzene ring substituents is 1. The number of carbonyl (C=O) groups excluding carboxylic acids is 1. The second kappa shape index (κ2) is 6.43. The zero-order valence-electron chi connectivity index (χ0n) is 11.7. The average molecular weight is 357 g/mol. The molecule has 0 aromatic heterocycles. The number of nitro groups is 1. The van der Waals surface area contributed by atoms with Gasteiger partial charge in [0.15, 0.2) is 0 Å². The van der Waals surface area contributed by atoms with E-state index in [1.807, 2.05) is 0 Å². The summed E-state index contributed by atoms with van der Waals surface area (Å²) in [5.74, 6) is -0.0486. The standard InChI is InChI=1S/C14H17BrN2O4/c1-21-12-8-10(17(19)20)4-5-11(12)13(18)16-14(9-15)6-2-3-7-14/h4-5,8H,2-3,6-7,9H2,1H3,(H,16,18). The van der Waals surface area contributed by atoms with Crippen molar-refractivity contribution in [1.82, 2.24) is 5.32 Å². The molecule has 0 saturated heterocycles. The molecule has 0 aliphatic heterocycles. The van der Waals surface area contributed by atoms with Crippen molar-refractivity contribution in [1.29, 1.82) is 0 Å². The Morgan fingerprint density at radius 2 is 2.14 bits per heavy atom. The lowest BCUT2D eigenvalue weighted by Crippen LogP contribution is -2.47. The molecule has 0 bridgehead atoms. The van der Waals surface area contributed by atoms with Crippen LogP contribution in [0.2, 0.25) is 0 Å². The third-order valence-corrected chi connectivity index (χ3v) is 4.91. The molecule has 6 nitrogen and oxygen atoms in total. The molecule has 21 heavy (non-hydrogen) atoms. The summed E-state index contributed by atoms with van der Waals surface area (Å²) in [6.07, 6.45) is 4.03. The molecule has 1 aliphatic carbocycles. The molecule has 7 heteroatoms. The zero-order chi connectivity index (χ0) is 15.5. The third-order valence-electron chi connectivity index (χ3n) is 3.84. The molecule has 2 rings (SSSR count). The van der Waals surface area contributed by atoms with Gasteiger partial charge >= 0.3 is 0 Å². The second-order valence-corrected chi connectivity index (χ2v) is 5.78. The summed E-state index contributed by atoms with van der Waals surface area (Å²) >= 11 is 3.47. The topological polar surface area (TPSA) is 81.5 Å². The molecular formula is C14H17BrN2O4. The van der Waals surface area contributed by atoms with Gasteiger partial charge in [0.25, 0.3) is 11.6 Å². The van der Waals surface area contributed by atoms with Crippen LogP contribution in [-0.2, 0) is 0 Å². The summed E-state index contributed by atoms with van der Waals surface area (Å²) in [6.45, 7) is 0. The van der Waals surface area contributed by atoms with Crippen molar-refractivity contribution in [2.24, 2.45) is 0 Å². The van der Waals surface area contributed by atoms with Crippen molar-refractivity contribution in [3.05, 3.63) is 33.9 Å². The van der Waals surface area contributed by atoms with Crippen LogP contribution in [0.3, 0.4) is 0 Å². The van der Waals surface area contributed by atoms with E-state index in [2.05, 4.69) is 21.2 Å². The molecular weight excluding hydrogens is 340 g/mol. The van der Waals surface area contributed by atoms with Crippen LogP contribution in [0.25, 0.3) is 0 Å². The van der Waals surface area contributed by atoms with Crippen LogP contribution in [-0.4, -0.2) is 28.8 Å². The van der Waals surface area contributed by atoms with Crippen molar-refractivity contribution in [3.63, 3.8) is 0 Å². The number of nitrogens with zero attached hydrogens (tertiary/aromatic N) is 1. The van der Waals surface area contributed by atoms with E-state index in [9.17, 15) is 14.9 Å². The predicted octanol–water partition coefficient (Wildman–Crippen LogP) is 3.04. The molecule has 0 atom stereocenters. The molecule has 0 heterocycles. The van der Waals surface area contributed by atoms with Gasteiger partial charge in [0.05, 0.1) is 29.2 Å². The molecule has 1 saturated carbocycles. The number of hydrogen-bond donors (Lipinski definition) is 1. The fourth-order valence-electron chi connectivity index (χ4n) is 2.63. The molecule has 1 aliphatic rings. The van der Waals surface area contributed by atoms with Crippen LogP contribution >= 0.6 is 15.9 Å². The van der Waals surface area contributed by atoms with Gasteiger partial charge in [0.2, 0.25) is 0 Å². The lowest BCUT2D eigenvalue weighted by atomic mass is 9.99. The molecule has 1 aromatic carbocycles. The minimum absolute atomic E-state index is 0.0977. The van der Waals surface area contributed by atoms with Crippen LogP contribution in [0.1, 0.15) is 36.0 Å². The monoisotopic (exact) mass is 356 g/mol. The maximum atomic E-state index is 12.4. The van der Waals surface area contributed by atoms with E-state index in [1.165, 1.54) is 25.3 Å². The molecule has 1 fully saturated rings. The number of ether oxygens (including phenoxy) is 1. The van der Waals surface area contributed by atoms with Crippen LogP contribution in [0.4, 0.5) is 5.69 Å². The fourth-order valence-corrected chi connectivity index (χ4v) is 3.33. The summed E-state index contributed by atoms with van der Waals surface area (Å²) < 4.78 is 5.11. The van der Waals surface area contributed by atoms with Crippen molar-refractivity contribution < 1.29 is 14.5 Å². The Bertz CT molecular complexity index is 556.